The minimum atomic E-state index is -4.38. The van der Waals surface area contributed by atoms with Crippen molar-refractivity contribution in [2.24, 2.45) is 7.05 Å². The lowest BCUT2D eigenvalue weighted by Gasteiger charge is -2.18. The highest BCUT2D eigenvalue weighted by Crippen LogP contribution is 2.38. The number of fused-ring (bicyclic) bond motifs is 2. The molecule has 5 rings (SSSR count). The second-order valence-electron chi connectivity index (χ2n) is 10.9. The van der Waals surface area contributed by atoms with E-state index < -0.39 is 19.5 Å². The molecule has 4 aromatic rings. The standard InChI is InChI=1S/C33H33F3N3O2P/c1-39-30-17-23(22-7-8-25-20-37-15-13-24(25)16-22)9-11-28(30)27(31(39)19-33(34,35)36)6-5-14-38-29-12-10-26(18-32(29)41-2)42(3,4)21-40/h7-12,16-18,37-38H,13-15,19-20H2,1-4H3. The van der Waals surface area contributed by atoms with Crippen LogP contribution < -0.4 is 20.7 Å². The van der Waals surface area contributed by atoms with E-state index >= 15 is 0 Å². The summed E-state index contributed by atoms with van der Waals surface area (Å²) in [6.07, 6.45) is -4.50. The van der Waals surface area contributed by atoms with Gasteiger partial charge in [-0.05, 0) is 78.9 Å². The summed E-state index contributed by atoms with van der Waals surface area (Å²) in [7, 11) is 3.21. The highest BCUT2D eigenvalue weighted by Gasteiger charge is 2.31. The molecule has 0 bridgehead atoms. The van der Waals surface area contributed by atoms with Crippen molar-refractivity contribution in [3.05, 3.63) is 77.0 Å². The van der Waals surface area contributed by atoms with Crippen LogP contribution in [-0.2, 0) is 31.2 Å². The van der Waals surface area contributed by atoms with Gasteiger partial charge in [0.25, 0.3) is 0 Å². The van der Waals surface area contributed by atoms with Gasteiger partial charge in [-0.3, -0.25) is 0 Å². The van der Waals surface area contributed by atoms with Gasteiger partial charge < -0.3 is 19.9 Å². The van der Waals surface area contributed by atoms with E-state index in [4.69, 9.17) is 4.74 Å². The summed E-state index contributed by atoms with van der Waals surface area (Å²) in [6.45, 7) is 3.71. The zero-order valence-electron chi connectivity index (χ0n) is 24.1. The Balaban J connectivity index is 1.47. The fourth-order valence-electron chi connectivity index (χ4n) is 5.36. The van der Waals surface area contributed by atoms with Crippen molar-refractivity contribution < 1.29 is 22.7 Å². The first-order valence-electron chi connectivity index (χ1n) is 13.7. The number of anilines is 1. The largest absolute Gasteiger partial charge is 0.495 e. The molecule has 0 amide bonds. The molecule has 42 heavy (non-hydrogen) atoms. The maximum absolute atomic E-state index is 13.7. The number of hydrogen-bond donors (Lipinski definition) is 2. The van der Waals surface area contributed by atoms with E-state index in [1.54, 1.807) is 18.7 Å². The van der Waals surface area contributed by atoms with Crippen LogP contribution in [0.2, 0.25) is 0 Å². The van der Waals surface area contributed by atoms with Crippen molar-refractivity contribution in [2.45, 2.75) is 25.6 Å². The molecule has 2 heterocycles. The number of carbonyl (C=O) groups excluding carboxylic acids is 1. The predicted octanol–water partition coefficient (Wildman–Crippen LogP) is 6.04. The highest BCUT2D eigenvalue weighted by atomic mass is 31.2. The predicted molar refractivity (Wildman–Crippen MR) is 166 cm³/mol. The molecular weight excluding hydrogens is 558 g/mol. The average molecular weight is 592 g/mol. The molecular formula is C33H33F3N3O2P. The lowest BCUT2D eigenvalue weighted by atomic mass is 9.95. The Bertz CT molecular complexity index is 1800. The number of nitrogens with zero attached hydrogens (tertiary/aromatic N) is 1. The first kappa shape index (κ1) is 29.6. The van der Waals surface area contributed by atoms with E-state index in [-0.39, 0.29) is 12.2 Å². The van der Waals surface area contributed by atoms with Gasteiger partial charge in [0.1, 0.15) is 11.4 Å². The van der Waals surface area contributed by atoms with Crippen molar-refractivity contribution in [2.75, 3.05) is 38.8 Å². The van der Waals surface area contributed by atoms with Gasteiger partial charge in [0.2, 0.25) is 0 Å². The van der Waals surface area contributed by atoms with Crippen LogP contribution in [0, 0.1) is 11.8 Å². The smallest absolute Gasteiger partial charge is 0.394 e. The molecule has 0 aliphatic carbocycles. The summed E-state index contributed by atoms with van der Waals surface area (Å²) in [4.78, 5) is 11.4. The molecule has 1 aliphatic heterocycles. The molecule has 1 aliphatic rings. The Labute approximate surface area is 244 Å². The SMILES string of the molecule is COc1cc(P(C)(C)=C=O)ccc1NCC#Cc1c(CC(F)(F)F)n(C)c2cc(-c3ccc4c(c3)CCNC4)ccc12. The summed E-state index contributed by atoms with van der Waals surface area (Å²) in [5, 5.41) is 8.12. The Morgan fingerprint density at radius 3 is 2.55 bits per heavy atom. The topological polar surface area (TPSA) is 55.3 Å². The lowest BCUT2D eigenvalue weighted by molar-refractivity contribution is -0.128. The number of aryl methyl sites for hydroxylation is 1. The van der Waals surface area contributed by atoms with E-state index in [0.717, 1.165) is 35.9 Å². The van der Waals surface area contributed by atoms with Gasteiger partial charge in [-0.15, -0.1) is 0 Å². The zero-order valence-corrected chi connectivity index (χ0v) is 25.0. The quantitative estimate of drug-likeness (QED) is 0.212. The minimum Gasteiger partial charge on any atom is -0.495 e. The van der Waals surface area contributed by atoms with E-state index in [1.807, 2.05) is 49.7 Å². The monoisotopic (exact) mass is 591 g/mol. The van der Waals surface area contributed by atoms with Crippen LogP contribution in [0.25, 0.3) is 22.0 Å². The summed E-state index contributed by atoms with van der Waals surface area (Å²) < 4.78 is 48.1. The third kappa shape index (κ3) is 6.15. The van der Waals surface area contributed by atoms with E-state index in [1.165, 1.54) is 11.1 Å². The van der Waals surface area contributed by atoms with Gasteiger partial charge in [0.05, 0.1) is 31.3 Å². The Morgan fingerprint density at radius 2 is 1.81 bits per heavy atom. The Hall–Kier alpha value is -3.88. The minimum absolute atomic E-state index is 0.136. The summed E-state index contributed by atoms with van der Waals surface area (Å²) in [5.41, 5.74) is 8.62. The molecule has 218 valence electrons. The number of rotatable bonds is 6. The fourth-order valence-corrected chi connectivity index (χ4v) is 6.35. The van der Waals surface area contributed by atoms with Gasteiger partial charge in [0.15, 0.2) is 0 Å². The molecule has 0 saturated heterocycles. The van der Waals surface area contributed by atoms with Crippen LogP contribution >= 0.6 is 6.89 Å². The number of benzene rings is 3. The molecule has 3 aromatic carbocycles. The molecule has 0 atom stereocenters. The fraction of sp³-hybridized carbons (Fsp3) is 0.303. The van der Waals surface area contributed by atoms with Gasteiger partial charge >= 0.3 is 6.18 Å². The van der Waals surface area contributed by atoms with Crippen LogP contribution in [0.4, 0.5) is 18.9 Å². The normalized spacial score (nSPS) is 13.2. The Kier molecular flexibility index (Phi) is 8.30. The molecule has 9 heteroatoms. The molecule has 2 N–H and O–H groups in total. The number of halogens is 3. The van der Waals surface area contributed by atoms with Crippen LogP contribution in [0.1, 0.15) is 22.4 Å². The number of aromatic nitrogens is 1. The summed E-state index contributed by atoms with van der Waals surface area (Å²) >= 11 is 0. The van der Waals surface area contributed by atoms with Crippen molar-refractivity contribution in [3.63, 3.8) is 0 Å². The van der Waals surface area contributed by atoms with Gasteiger partial charge in [-0.1, -0.05) is 48.2 Å². The first-order valence-corrected chi connectivity index (χ1v) is 16.3. The highest BCUT2D eigenvalue weighted by molar-refractivity contribution is 7.79. The first-order chi connectivity index (χ1) is 20.0. The van der Waals surface area contributed by atoms with Crippen LogP contribution in [0.3, 0.4) is 0 Å². The molecule has 0 fully saturated rings. The van der Waals surface area contributed by atoms with Gasteiger partial charge in [0, 0.05) is 30.2 Å². The average Bonchev–Trinajstić information content (AvgIpc) is 3.23. The lowest BCUT2D eigenvalue weighted by Crippen LogP contribution is -2.23. The number of ether oxygens (including phenoxy) is 1. The van der Waals surface area contributed by atoms with Gasteiger partial charge in [-0.2, -0.15) is 13.2 Å². The second-order valence-corrected chi connectivity index (χ2v) is 14.5. The molecule has 1 aromatic heterocycles. The summed E-state index contributed by atoms with van der Waals surface area (Å²) in [5.74, 6) is 6.60. The molecule has 0 radical (unpaired) electrons. The van der Waals surface area contributed by atoms with Crippen molar-refractivity contribution in [1.82, 2.24) is 9.88 Å². The third-order valence-electron chi connectivity index (χ3n) is 7.76. The Morgan fingerprint density at radius 1 is 1.05 bits per heavy atom. The number of alkyl halides is 3. The number of hydrogen-bond acceptors (Lipinski definition) is 4. The van der Waals surface area contributed by atoms with E-state index in [2.05, 4.69) is 46.3 Å². The maximum Gasteiger partial charge on any atom is 0.394 e. The van der Waals surface area contributed by atoms with E-state index in [0.29, 0.717) is 27.9 Å². The molecule has 0 spiro atoms. The van der Waals surface area contributed by atoms with Gasteiger partial charge in [-0.25, -0.2) is 4.79 Å². The van der Waals surface area contributed by atoms with E-state index in [9.17, 15) is 18.0 Å². The zero-order chi connectivity index (χ0) is 30.1. The van der Waals surface area contributed by atoms with Crippen LogP contribution in [0.5, 0.6) is 5.75 Å². The van der Waals surface area contributed by atoms with Crippen molar-refractivity contribution in [1.29, 1.82) is 0 Å². The summed E-state index contributed by atoms with van der Waals surface area (Å²) in [6, 6.07) is 17.7. The van der Waals surface area contributed by atoms with Crippen molar-refractivity contribution in [3.8, 4) is 28.7 Å². The molecule has 0 saturated carbocycles. The third-order valence-corrected chi connectivity index (χ3v) is 9.78. The second kappa shape index (κ2) is 11.8. The number of methoxy groups -OCH3 is 1. The number of nitrogens with one attached hydrogen (secondary N) is 2. The van der Waals surface area contributed by atoms with Crippen LogP contribution in [0.15, 0.2) is 54.6 Å². The van der Waals surface area contributed by atoms with Crippen molar-refractivity contribution >= 4 is 34.4 Å². The molecule has 5 nitrogen and oxygen atoms in total. The van der Waals surface area contributed by atoms with Crippen LogP contribution in [-0.4, -0.2) is 49.9 Å². The molecule has 0 unspecified atom stereocenters. The maximum atomic E-state index is 13.7.